The highest BCUT2D eigenvalue weighted by Gasteiger charge is 2.15. The lowest BCUT2D eigenvalue weighted by Gasteiger charge is -2.05. The van der Waals surface area contributed by atoms with E-state index in [4.69, 9.17) is 0 Å². The van der Waals surface area contributed by atoms with Gasteiger partial charge < -0.3 is 5.11 Å². The first-order valence-corrected chi connectivity index (χ1v) is 4.85. The molecule has 0 amide bonds. The molecule has 0 saturated carbocycles. The molecular formula is C11H13N3O. The number of nitrogens with zero attached hydrogens (tertiary/aromatic N) is 2. The highest BCUT2D eigenvalue weighted by molar-refractivity contribution is 5.65. The Balaban J connectivity index is 2.55. The number of rotatable bonds is 2. The smallest absolute Gasteiger partial charge is 0.119 e. The van der Waals surface area contributed by atoms with Crippen LogP contribution in [0.3, 0.4) is 0 Å². The van der Waals surface area contributed by atoms with E-state index >= 15 is 0 Å². The van der Waals surface area contributed by atoms with Crippen LogP contribution in [0, 0.1) is 6.92 Å². The summed E-state index contributed by atoms with van der Waals surface area (Å²) in [6, 6.07) is 7.90. The summed E-state index contributed by atoms with van der Waals surface area (Å²) in [5.74, 6) is 0. The molecule has 1 atom stereocenters. The molecule has 1 aromatic carbocycles. The van der Waals surface area contributed by atoms with Crippen LogP contribution in [-0.4, -0.2) is 20.5 Å². The van der Waals surface area contributed by atoms with Crippen molar-refractivity contribution in [1.29, 1.82) is 0 Å². The van der Waals surface area contributed by atoms with E-state index in [0.717, 1.165) is 16.8 Å². The van der Waals surface area contributed by atoms with Gasteiger partial charge in [0.05, 0.1) is 6.10 Å². The minimum atomic E-state index is -0.613. The van der Waals surface area contributed by atoms with Crippen molar-refractivity contribution in [2.24, 2.45) is 0 Å². The lowest BCUT2D eigenvalue weighted by atomic mass is 10.0. The molecule has 0 aliphatic heterocycles. The van der Waals surface area contributed by atoms with Crippen LogP contribution in [0.25, 0.3) is 11.3 Å². The molecule has 15 heavy (non-hydrogen) atoms. The van der Waals surface area contributed by atoms with Gasteiger partial charge in [-0.2, -0.15) is 15.4 Å². The van der Waals surface area contributed by atoms with Gasteiger partial charge in [0.15, 0.2) is 0 Å². The average Bonchev–Trinajstić information content (AvgIpc) is 2.67. The Kier molecular flexibility index (Phi) is 2.51. The van der Waals surface area contributed by atoms with Crippen LogP contribution >= 0.6 is 0 Å². The first kappa shape index (κ1) is 9.86. The lowest BCUT2D eigenvalue weighted by molar-refractivity contribution is 0.195. The van der Waals surface area contributed by atoms with Crippen molar-refractivity contribution in [3.63, 3.8) is 0 Å². The second-order valence-electron chi connectivity index (χ2n) is 3.55. The molecule has 0 aliphatic carbocycles. The van der Waals surface area contributed by atoms with Crippen molar-refractivity contribution in [2.75, 3.05) is 0 Å². The maximum atomic E-state index is 9.52. The summed E-state index contributed by atoms with van der Waals surface area (Å²) < 4.78 is 0. The number of aliphatic hydroxyl groups is 1. The molecule has 0 saturated heterocycles. The summed E-state index contributed by atoms with van der Waals surface area (Å²) in [6.07, 6.45) is -0.613. The number of aryl methyl sites for hydroxylation is 1. The number of nitrogens with one attached hydrogen (secondary N) is 1. The first-order valence-electron chi connectivity index (χ1n) is 4.85. The quantitative estimate of drug-likeness (QED) is 0.782. The fraction of sp³-hybridized carbons (Fsp3) is 0.273. The van der Waals surface area contributed by atoms with Crippen molar-refractivity contribution >= 4 is 0 Å². The molecule has 78 valence electrons. The fourth-order valence-electron chi connectivity index (χ4n) is 1.57. The van der Waals surface area contributed by atoms with Crippen molar-refractivity contribution in [3.05, 3.63) is 35.5 Å². The van der Waals surface area contributed by atoms with E-state index in [1.165, 1.54) is 0 Å². The molecule has 1 aromatic heterocycles. The maximum absolute atomic E-state index is 9.52. The van der Waals surface area contributed by atoms with E-state index in [2.05, 4.69) is 15.4 Å². The summed E-state index contributed by atoms with van der Waals surface area (Å²) >= 11 is 0. The predicted molar refractivity (Wildman–Crippen MR) is 57.2 cm³/mol. The zero-order valence-electron chi connectivity index (χ0n) is 8.73. The predicted octanol–water partition coefficient (Wildman–Crippen LogP) is 1.83. The molecule has 0 fully saturated rings. The minimum Gasteiger partial charge on any atom is -0.387 e. The summed E-state index contributed by atoms with van der Waals surface area (Å²) in [4.78, 5) is 0. The zero-order chi connectivity index (χ0) is 10.8. The van der Waals surface area contributed by atoms with Gasteiger partial charge in [-0.05, 0) is 19.4 Å². The van der Waals surface area contributed by atoms with Crippen LogP contribution < -0.4 is 0 Å². The number of aliphatic hydroxyl groups excluding tert-OH is 1. The molecule has 2 N–H and O–H groups in total. The third-order valence-corrected chi connectivity index (χ3v) is 2.37. The van der Waals surface area contributed by atoms with Gasteiger partial charge in [0, 0.05) is 5.56 Å². The number of hydrogen-bond donors (Lipinski definition) is 2. The number of hydrogen-bond acceptors (Lipinski definition) is 3. The largest absolute Gasteiger partial charge is 0.387 e. The number of aromatic amines is 1. The van der Waals surface area contributed by atoms with Crippen molar-refractivity contribution in [2.45, 2.75) is 20.0 Å². The van der Waals surface area contributed by atoms with Crippen LogP contribution in [0.15, 0.2) is 24.3 Å². The number of aromatic nitrogens is 3. The molecule has 1 unspecified atom stereocenters. The van der Waals surface area contributed by atoms with E-state index in [1.54, 1.807) is 6.92 Å². The van der Waals surface area contributed by atoms with E-state index in [0.29, 0.717) is 5.69 Å². The monoisotopic (exact) mass is 203 g/mol. The van der Waals surface area contributed by atoms with Crippen molar-refractivity contribution in [1.82, 2.24) is 15.4 Å². The minimum absolute atomic E-state index is 0.587. The Labute approximate surface area is 88.0 Å². The third kappa shape index (κ3) is 1.76. The standard InChI is InChI=1S/C11H13N3O/c1-7-5-3-4-6-9(7)11-10(8(2)15)12-14-13-11/h3-6,8,15H,1-2H3,(H,12,13,14). The van der Waals surface area contributed by atoms with Crippen LogP contribution in [-0.2, 0) is 0 Å². The van der Waals surface area contributed by atoms with E-state index < -0.39 is 6.10 Å². The SMILES string of the molecule is Cc1ccccc1-c1n[nH]nc1C(C)O. The summed E-state index contributed by atoms with van der Waals surface area (Å²) in [5.41, 5.74) is 3.43. The topological polar surface area (TPSA) is 61.8 Å². The van der Waals surface area contributed by atoms with Gasteiger partial charge in [0.2, 0.25) is 0 Å². The van der Waals surface area contributed by atoms with Crippen LogP contribution in [0.1, 0.15) is 24.3 Å². The normalized spacial score (nSPS) is 12.7. The summed E-state index contributed by atoms with van der Waals surface area (Å²) in [6.45, 7) is 3.69. The Bertz CT molecular complexity index is 462. The van der Waals surface area contributed by atoms with Gasteiger partial charge in [-0.25, -0.2) is 0 Å². The molecule has 0 spiro atoms. The molecule has 0 bridgehead atoms. The van der Waals surface area contributed by atoms with Gasteiger partial charge in [-0.3, -0.25) is 0 Å². The fourth-order valence-corrected chi connectivity index (χ4v) is 1.57. The van der Waals surface area contributed by atoms with Crippen LogP contribution in [0.4, 0.5) is 0 Å². The Morgan fingerprint density at radius 2 is 2.00 bits per heavy atom. The molecule has 2 rings (SSSR count). The van der Waals surface area contributed by atoms with Gasteiger partial charge in [0.1, 0.15) is 11.4 Å². The molecule has 4 nitrogen and oxygen atoms in total. The third-order valence-electron chi connectivity index (χ3n) is 2.37. The molecule has 0 radical (unpaired) electrons. The van der Waals surface area contributed by atoms with Crippen LogP contribution in [0.5, 0.6) is 0 Å². The second-order valence-corrected chi connectivity index (χ2v) is 3.55. The molecule has 0 aliphatic rings. The van der Waals surface area contributed by atoms with E-state index in [1.807, 2.05) is 31.2 Å². The summed E-state index contributed by atoms with van der Waals surface area (Å²) in [5, 5.41) is 20.1. The zero-order valence-corrected chi connectivity index (χ0v) is 8.73. The Morgan fingerprint density at radius 1 is 1.27 bits per heavy atom. The van der Waals surface area contributed by atoms with Crippen molar-refractivity contribution < 1.29 is 5.11 Å². The Hall–Kier alpha value is -1.68. The average molecular weight is 203 g/mol. The lowest BCUT2D eigenvalue weighted by Crippen LogP contribution is -1.95. The van der Waals surface area contributed by atoms with Gasteiger partial charge in [-0.1, -0.05) is 24.3 Å². The van der Waals surface area contributed by atoms with E-state index in [-0.39, 0.29) is 0 Å². The molecular weight excluding hydrogens is 190 g/mol. The Morgan fingerprint density at radius 3 is 2.67 bits per heavy atom. The van der Waals surface area contributed by atoms with Gasteiger partial charge in [-0.15, -0.1) is 0 Å². The highest BCUT2D eigenvalue weighted by atomic mass is 16.3. The van der Waals surface area contributed by atoms with E-state index in [9.17, 15) is 5.11 Å². The van der Waals surface area contributed by atoms with Crippen molar-refractivity contribution in [3.8, 4) is 11.3 Å². The molecule has 1 heterocycles. The first-order chi connectivity index (χ1) is 7.20. The molecule has 4 heteroatoms. The van der Waals surface area contributed by atoms with Gasteiger partial charge >= 0.3 is 0 Å². The summed E-state index contributed by atoms with van der Waals surface area (Å²) in [7, 11) is 0. The number of H-pyrrole nitrogens is 1. The number of benzene rings is 1. The molecule has 2 aromatic rings. The highest BCUT2D eigenvalue weighted by Crippen LogP contribution is 2.26. The van der Waals surface area contributed by atoms with Gasteiger partial charge in [0.25, 0.3) is 0 Å². The maximum Gasteiger partial charge on any atom is 0.119 e. The second kappa shape index (κ2) is 3.82. The van der Waals surface area contributed by atoms with Crippen LogP contribution in [0.2, 0.25) is 0 Å².